The number of hydrogen-bond donors (Lipinski definition) is 2. The number of benzene rings is 2. The number of rotatable bonds is 7. The number of amides is 1. The second-order valence-electron chi connectivity index (χ2n) is 6.18. The molecule has 0 atom stereocenters. The van der Waals surface area contributed by atoms with Gasteiger partial charge >= 0.3 is 5.97 Å². The van der Waals surface area contributed by atoms with Gasteiger partial charge in [0.1, 0.15) is 0 Å². The summed E-state index contributed by atoms with van der Waals surface area (Å²) in [7, 11) is 0. The van der Waals surface area contributed by atoms with Gasteiger partial charge in [-0.1, -0.05) is 25.1 Å². The van der Waals surface area contributed by atoms with E-state index >= 15 is 0 Å². The molecule has 7 nitrogen and oxygen atoms in total. The van der Waals surface area contributed by atoms with Crippen molar-refractivity contribution < 1.29 is 14.3 Å². The third-order valence-corrected chi connectivity index (χ3v) is 4.21. The Kier molecular flexibility index (Phi) is 6.52. The molecule has 0 unspecified atom stereocenters. The number of carbonyl (C=O) groups is 2. The lowest BCUT2D eigenvalue weighted by Gasteiger charge is -2.10. The Labute approximate surface area is 169 Å². The van der Waals surface area contributed by atoms with Crippen molar-refractivity contribution in [2.45, 2.75) is 20.3 Å². The van der Waals surface area contributed by atoms with Gasteiger partial charge in [-0.25, -0.2) is 14.8 Å². The van der Waals surface area contributed by atoms with Crippen molar-refractivity contribution in [3.05, 3.63) is 77.6 Å². The number of aromatic nitrogens is 2. The second kappa shape index (κ2) is 9.45. The number of anilines is 3. The van der Waals surface area contributed by atoms with Crippen molar-refractivity contribution in [1.29, 1.82) is 0 Å². The summed E-state index contributed by atoms with van der Waals surface area (Å²) in [5, 5.41) is 5.92. The van der Waals surface area contributed by atoms with Gasteiger partial charge in [0.2, 0.25) is 5.95 Å². The van der Waals surface area contributed by atoms with Crippen LogP contribution in [-0.2, 0) is 11.2 Å². The Morgan fingerprint density at radius 2 is 1.62 bits per heavy atom. The largest absolute Gasteiger partial charge is 0.462 e. The minimum atomic E-state index is -0.365. The maximum absolute atomic E-state index is 12.5. The predicted octanol–water partition coefficient (Wildman–Crippen LogP) is 4.21. The van der Waals surface area contributed by atoms with Crippen LogP contribution in [0.4, 0.5) is 17.3 Å². The number of ether oxygens (including phenoxy) is 1. The molecule has 3 aromatic rings. The summed E-state index contributed by atoms with van der Waals surface area (Å²) in [5.41, 5.74) is 3.39. The van der Waals surface area contributed by atoms with Crippen LogP contribution in [0.3, 0.4) is 0 Å². The van der Waals surface area contributed by atoms with Crippen molar-refractivity contribution in [3.63, 3.8) is 0 Å². The monoisotopic (exact) mass is 390 g/mol. The number of hydrogen-bond acceptors (Lipinski definition) is 6. The zero-order valence-corrected chi connectivity index (χ0v) is 16.3. The highest BCUT2D eigenvalue weighted by Crippen LogP contribution is 2.17. The van der Waals surface area contributed by atoms with Gasteiger partial charge in [-0.2, -0.15) is 0 Å². The van der Waals surface area contributed by atoms with Gasteiger partial charge in [-0.05, 0) is 49.2 Å². The highest BCUT2D eigenvalue weighted by Gasteiger charge is 2.10. The molecule has 0 aliphatic rings. The summed E-state index contributed by atoms with van der Waals surface area (Å²) in [4.78, 5) is 32.5. The maximum Gasteiger partial charge on any atom is 0.338 e. The standard InChI is InChI=1S/C22H22N4O3/c1-3-15-7-5-6-8-19(15)26-20(27)17-13-23-22(24-14-17)25-18-11-9-16(10-12-18)21(28)29-4-2/h5-14H,3-4H2,1-2H3,(H,26,27)(H,23,24,25). The van der Waals surface area contributed by atoms with Crippen LogP contribution in [0, 0.1) is 0 Å². The minimum absolute atomic E-state index is 0.267. The molecule has 7 heteroatoms. The van der Waals surface area contributed by atoms with Crippen molar-refractivity contribution in [2.24, 2.45) is 0 Å². The number of carbonyl (C=O) groups excluding carboxylic acids is 2. The van der Waals surface area contributed by atoms with E-state index in [4.69, 9.17) is 4.74 Å². The van der Waals surface area contributed by atoms with Crippen LogP contribution in [0.5, 0.6) is 0 Å². The molecule has 0 fully saturated rings. The first kappa shape index (κ1) is 20.0. The molecule has 1 amide bonds. The van der Waals surface area contributed by atoms with Crippen LogP contribution < -0.4 is 10.6 Å². The van der Waals surface area contributed by atoms with Crippen LogP contribution in [-0.4, -0.2) is 28.5 Å². The van der Waals surface area contributed by atoms with Crippen LogP contribution in [0.1, 0.15) is 40.1 Å². The Balaban J connectivity index is 1.64. The molecule has 0 radical (unpaired) electrons. The Morgan fingerprint density at radius 3 is 2.28 bits per heavy atom. The fraction of sp³-hybridized carbons (Fsp3) is 0.182. The molecular weight excluding hydrogens is 368 g/mol. The van der Waals surface area contributed by atoms with Gasteiger partial charge in [0, 0.05) is 23.8 Å². The third-order valence-electron chi connectivity index (χ3n) is 4.21. The number of nitrogens with zero attached hydrogens (tertiary/aromatic N) is 2. The molecule has 2 aromatic carbocycles. The highest BCUT2D eigenvalue weighted by atomic mass is 16.5. The van der Waals surface area contributed by atoms with E-state index in [1.54, 1.807) is 31.2 Å². The minimum Gasteiger partial charge on any atom is -0.462 e. The van der Waals surface area contributed by atoms with E-state index in [1.807, 2.05) is 31.2 Å². The van der Waals surface area contributed by atoms with Crippen LogP contribution in [0.25, 0.3) is 0 Å². The van der Waals surface area contributed by atoms with E-state index in [0.29, 0.717) is 29.4 Å². The van der Waals surface area contributed by atoms with Crippen LogP contribution >= 0.6 is 0 Å². The van der Waals surface area contributed by atoms with Gasteiger partial charge in [0.25, 0.3) is 5.91 Å². The van der Waals surface area contributed by atoms with Crippen molar-refractivity contribution in [3.8, 4) is 0 Å². The van der Waals surface area contributed by atoms with Gasteiger partial charge in [-0.3, -0.25) is 4.79 Å². The Bertz CT molecular complexity index is 986. The lowest BCUT2D eigenvalue weighted by Crippen LogP contribution is -2.14. The summed E-state index contributed by atoms with van der Waals surface area (Å²) in [6.45, 7) is 4.13. The SMILES string of the molecule is CCOC(=O)c1ccc(Nc2ncc(C(=O)Nc3ccccc3CC)cn2)cc1. The average molecular weight is 390 g/mol. The first-order chi connectivity index (χ1) is 14.1. The topological polar surface area (TPSA) is 93.2 Å². The fourth-order valence-electron chi connectivity index (χ4n) is 2.69. The van der Waals surface area contributed by atoms with Crippen molar-refractivity contribution >= 4 is 29.2 Å². The maximum atomic E-state index is 12.5. The zero-order chi connectivity index (χ0) is 20.6. The molecule has 1 aromatic heterocycles. The molecule has 0 spiro atoms. The summed E-state index contributed by atoms with van der Waals surface area (Å²) in [5.74, 6) is -0.286. The second-order valence-corrected chi connectivity index (χ2v) is 6.18. The molecule has 0 aliphatic carbocycles. The van der Waals surface area contributed by atoms with Gasteiger partial charge in [0.15, 0.2) is 0 Å². The van der Waals surface area contributed by atoms with Crippen molar-refractivity contribution in [1.82, 2.24) is 9.97 Å². The predicted molar refractivity (Wildman–Crippen MR) is 111 cm³/mol. The molecule has 0 bridgehead atoms. The van der Waals surface area contributed by atoms with E-state index in [0.717, 1.165) is 17.7 Å². The highest BCUT2D eigenvalue weighted by molar-refractivity contribution is 6.04. The van der Waals surface area contributed by atoms with Gasteiger partial charge in [-0.15, -0.1) is 0 Å². The lowest BCUT2D eigenvalue weighted by molar-refractivity contribution is 0.0526. The number of para-hydroxylation sites is 1. The molecular formula is C22H22N4O3. The molecule has 0 saturated carbocycles. The summed E-state index contributed by atoms with van der Waals surface area (Å²) >= 11 is 0. The average Bonchev–Trinajstić information content (AvgIpc) is 2.75. The van der Waals surface area contributed by atoms with Crippen LogP contribution in [0.15, 0.2) is 60.9 Å². The quantitative estimate of drug-likeness (QED) is 0.587. The number of esters is 1. The smallest absolute Gasteiger partial charge is 0.338 e. The van der Waals surface area contributed by atoms with Gasteiger partial charge < -0.3 is 15.4 Å². The van der Waals surface area contributed by atoms with Crippen molar-refractivity contribution in [2.75, 3.05) is 17.2 Å². The van der Waals surface area contributed by atoms with E-state index in [9.17, 15) is 9.59 Å². The zero-order valence-electron chi connectivity index (χ0n) is 16.3. The number of nitrogens with one attached hydrogen (secondary N) is 2. The Hall–Kier alpha value is -3.74. The number of aryl methyl sites for hydroxylation is 1. The van der Waals surface area contributed by atoms with E-state index in [2.05, 4.69) is 20.6 Å². The molecule has 29 heavy (non-hydrogen) atoms. The first-order valence-electron chi connectivity index (χ1n) is 9.36. The third kappa shape index (κ3) is 5.16. The first-order valence-corrected chi connectivity index (χ1v) is 9.36. The van der Waals surface area contributed by atoms with E-state index < -0.39 is 0 Å². The lowest BCUT2D eigenvalue weighted by atomic mass is 10.1. The normalized spacial score (nSPS) is 10.3. The molecule has 0 saturated heterocycles. The summed E-state index contributed by atoms with van der Waals surface area (Å²) < 4.78 is 4.96. The Morgan fingerprint density at radius 1 is 0.931 bits per heavy atom. The molecule has 148 valence electrons. The molecule has 2 N–H and O–H groups in total. The summed E-state index contributed by atoms with van der Waals surface area (Å²) in [6, 6.07) is 14.5. The molecule has 3 rings (SSSR count). The van der Waals surface area contributed by atoms with E-state index in [1.165, 1.54) is 12.4 Å². The van der Waals surface area contributed by atoms with E-state index in [-0.39, 0.29) is 11.9 Å². The molecule has 1 heterocycles. The van der Waals surface area contributed by atoms with Gasteiger partial charge in [0.05, 0.1) is 17.7 Å². The fourth-order valence-corrected chi connectivity index (χ4v) is 2.69. The summed E-state index contributed by atoms with van der Waals surface area (Å²) in [6.07, 6.45) is 3.75. The van der Waals surface area contributed by atoms with Crippen LogP contribution in [0.2, 0.25) is 0 Å². The molecule has 0 aliphatic heterocycles.